The summed E-state index contributed by atoms with van der Waals surface area (Å²) in [7, 11) is 1.30. The van der Waals surface area contributed by atoms with Crippen LogP contribution in [0.2, 0.25) is 0 Å². The largest absolute Gasteiger partial charge is 0.465 e. The average molecular weight is 410 g/mol. The molecule has 0 atom stereocenters. The number of esters is 1. The molecule has 6 heteroatoms. The summed E-state index contributed by atoms with van der Waals surface area (Å²) < 4.78 is 5.82. The van der Waals surface area contributed by atoms with Gasteiger partial charge in [-0.1, -0.05) is 12.1 Å². The van der Waals surface area contributed by atoms with Crippen LogP contribution < -0.4 is 10.6 Å². The molecule has 2 N–H and O–H groups in total. The lowest BCUT2D eigenvalue weighted by atomic mass is 10.2. The molecule has 22 heavy (non-hydrogen) atoms. The van der Waals surface area contributed by atoms with Gasteiger partial charge in [0.1, 0.15) is 0 Å². The van der Waals surface area contributed by atoms with Gasteiger partial charge in [0, 0.05) is 9.26 Å². The van der Waals surface area contributed by atoms with Crippen LogP contribution in [-0.4, -0.2) is 25.5 Å². The maximum atomic E-state index is 12.0. The molecule has 0 fully saturated rings. The molecule has 0 heterocycles. The summed E-state index contributed by atoms with van der Waals surface area (Å²) in [5.74, 6) is -0.726. The Morgan fingerprint density at radius 1 is 1.09 bits per heavy atom. The number of hydrogen-bond acceptors (Lipinski definition) is 4. The normalized spacial score (nSPS) is 9.91. The molecule has 0 unspecified atom stereocenters. The predicted octanol–water partition coefficient (Wildman–Crippen LogP) is 3.13. The Kier molecular flexibility index (Phi) is 5.76. The van der Waals surface area contributed by atoms with E-state index >= 15 is 0 Å². The standard InChI is InChI=1S/C16H15IN2O3/c1-22-16(21)13-4-2-3-5-14(13)19-15(20)10-18-12-8-6-11(17)7-9-12/h2-9,18H,10H2,1H3,(H,19,20). The van der Waals surface area contributed by atoms with Crippen LogP contribution in [-0.2, 0) is 9.53 Å². The number of rotatable bonds is 5. The van der Waals surface area contributed by atoms with Gasteiger partial charge in [-0.15, -0.1) is 0 Å². The van der Waals surface area contributed by atoms with Crippen LogP contribution in [0.1, 0.15) is 10.4 Å². The maximum absolute atomic E-state index is 12.0. The van der Waals surface area contributed by atoms with Crippen molar-refractivity contribution in [2.75, 3.05) is 24.3 Å². The minimum absolute atomic E-state index is 0.107. The van der Waals surface area contributed by atoms with Crippen molar-refractivity contribution in [2.24, 2.45) is 0 Å². The number of benzene rings is 2. The Hall–Kier alpha value is -2.09. The molecular formula is C16H15IN2O3. The van der Waals surface area contributed by atoms with Gasteiger partial charge < -0.3 is 15.4 Å². The third kappa shape index (κ3) is 4.45. The second-order valence-electron chi connectivity index (χ2n) is 4.45. The van der Waals surface area contributed by atoms with Crippen molar-refractivity contribution in [1.82, 2.24) is 0 Å². The molecule has 0 aliphatic heterocycles. The first-order valence-electron chi connectivity index (χ1n) is 6.57. The Morgan fingerprint density at radius 2 is 1.77 bits per heavy atom. The first-order chi connectivity index (χ1) is 10.6. The second-order valence-corrected chi connectivity index (χ2v) is 5.69. The Bertz CT molecular complexity index is 671. The highest BCUT2D eigenvalue weighted by Crippen LogP contribution is 2.16. The van der Waals surface area contributed by atoms with Gasteiger partial charge >= 0.3 is 5.97 Å². The minimum Gasteiger partial charge on any atom is -0.465 e. The predicted molar refractivity (Wildman–Crippen MR) is 94.1 cm³/mol. The fraction of sp³-hybridized carbons (Fsp3) is 0.125. The number of halogens is 1. The summed E-state index contributed by atoms with van der Waals surface area (Å²) in [5, 5.41) is 5.73. The highest BCUT2D eigenvalue weighted by Gasteiger charge is 2.12. The number of carbonyl (C=O) groups excluding carboxylic acids is 2. The van der Waals surface area contributed by atoms with Gasteiger partial charge in [-0.05, 0) is 59.0 Å². The molecule has 5 nitrogen and oxygen atoms in total. The third-order valence-corrected chi connectivity index (χ3v) is 3.62. The molecule has 114 valence electrons. The Balaban J connectivity index is 1.97. The summed E-state index contributed by atoms with van der Waals surface area (Å²) in [6.45, 7) is 0.107. The lowest BCUT2D eigenvalue weighted by Gasteiger charge is -2.10. The van der Waals surface area contributed by atoms with E-state index in [-0.39, 0.29) is 12.5 Å². The number of carbonyl (C=O) groups is 2. The van der Waals surface area contributed by atoms with E-state index in [1.54, 1.807) is 24.3 Å². The molecule has 0 aromatic heterocycles. The van der Waals surface area contributed by atoms with Gasteiger partial charge in [0.25, 0.3) is 0 Å². The second kappa shape index (κ2) is 7.79. The van der Waals surface area contributed by atoms with Gasteiger partial charge in [-0.2, -0.15) is 0 Å². The van der Waals surface area contributed by atoms with Crippen molar-refractivity contribution in [3.8, 4) is 0 Å². The van der Waals surface area contributed by atoms with Crippen molar-refractivity contribution >= 4 is 45.8 Å². The van der Waals surface area contributed by atoms with E-state index in [0.29, 0.717) is 11.3 Å². The van der Waals surface area contributed by atoms with Crippen LogP contribution in [0.4, 0.5) is 11.4 Å². The van der Waals surface area contributed by atoms with Gasteiger partial charge in [0.2, 0.25) is 5.91 Å². The summed E-state index contributed by atoms with van der Waals surface area (Å²) in [4.78, 5) is 23.6. The lowest BCUT2D eigenvalue weighted by Crippen LogP contribution is -2.23. The highest BCUT2D eigenvalue weighted by molar-refractivity contribution is 14.1. The van der Waals surface area contributed by atoms with Crippen molar-refractivity contribution < 1.29 is 14.3 Å². The van der Waals surface area contributed by atoms with Gasteiger partial charge in [-0.25, -0.2) is 4.79 Å². The summed E-state index contributed by atoms with van der Waals surface area (Å²) >= 11 is 2.22. The molecule has 0 saturated heterocycles. The first-order valence-corrected chi connectivity index (χ1v) is 7.64. The van der Waals surface area contributed by atoms with E-state index in [4.69, 9.17) is 4.74 Å². The molecule has 2 aromatic rings. The number of para-hydroxylation sites is 1. The third-order valence-electron chi connectivity index (χ3n) is 2.90. The number of amides is 1. The van der Waals surface area contributed by atoms with E-state index in [1.807, 2.05) is 24.3 Å². The first kappa shape index (κ1) is 16.3. The number of nitrogens with one attached hydrogen (secondary N) is 2. The molecule has 0 saturated carbocycles. The van der Waals surface area contributed by atoms with E-state index in [0.717, 1.165) is 9.26 Å². The van der Waals surface area contributed by atoms with Crippen LogP contribution in [0.25, 0.3) is 0 Å². The number of hydrogen-bond donors (Lipinski definition) is 2. The SMILES string of the molecule is COC(=O)c1ccccc1NC(=O)CNc1ccc(I)cc1. The van der Waals surface area contributed by atoms with Gasteiger partial charge in [0.15, 0.2) is 0 Å². The van der Waals surface area contributed by atoms with Gasteiger partial charge in [-0.3, -0.25) is 4.79 Å². The fourth-order valence-electron chi connectivity index (χ4n) is 1.82. The minimum atomic E-state index is -0.485. The summed E-state index contributed by atoms with van der Waals surface area (Å²) in [5.41, 5.74) is 1.62. The zero-order chi connectivity index (χ0) is 15.9. The summed E-state index contributed by atoms with van der Waals surface area (Å²) in [6.07, 6.45) is 0. The van der Waals surface area contributed by atoms with Crippen LogP contribution >= 0.6 is 22.6 Å². The zero-order valence-corrected chi connectivity index (χ0v) is 14.1. The van der Waals surface area contributed by atoms with E-state index in [1.165, 1.54) is 7.11 Å². The van der Waals surface area contributed by atoms with Crippen molar-refractivity contribution in [2.45, 2.75) is 0 Å². The van der Waals surface area contributed by atoms with Gasteiger partial charge in [0.05, 0.1) is 24.9 Å². The quantitative estimate of drug-likeness (QED) is 0.587. The van der Waals surface area contributed by atoms with Crippen LogP contribution in [0.15, 0.2) is 48.5 Å². The maximum Gasteiger partial charge on any atom is 0.339 e. The molecular weight excluding hydrogens is 395 g/mol. The average Bonchev–Trinajstić information content (AvgIpc) is 2.54. The Labute approximate surface area is 142 Å². The fourth-order valence-corrected chi connectivity index (χ4v) is 2.18. The van der Waals surface area contributed by atoms with Crippen molar-refractivity contribution in [3.05, 3.63) is 57.7 Å². The molecule has 2 rings (SSSR count). The monoisotopic (exact) mass is 410 g/mol. The van der Waals surface area contributed by atoms with Crippen LogP contribution in [0.3, 0.4) is 0 Å². The number of methoxy groups -OCH3 is 1. The van der Waals surface area contributed by atoms with Crippen molar-refractivity contribution in [1.29, 1.82) is 0 Å². The van der Waals surface area contributed by atoms with Crippen LogP contribution in [0.5, 0.6) is 0 Å². The molecule has 0 radical (unpaired) electrons. The molecule has 0 spiro atoms. The summed E-state index contributed by atoms with van der Waals surface area (Å²) in [6, 6.07) is 14.4. The molecule has 0 aliphatic rings. The Morgan fingerprint density at radius 3 is 2.45 bits per heavy atom. The van der Waals surface area contributed by atoms with Crippen molar-refractivity contribution in [3.63, 3.8) is 0 Å². The molecule has 2 aromatic carbocycles. The lowest BCUT2D eigenvalue weighted by molar-refractivity contribution is -0.114. The molecule has 1 amide bonds. The van der Waals surface area contributed by atoms with Crippen LogP contribution in [0, 0.1) is 3.57 Å². The number of anilines is 2. The smallest absolute Gasteiger partial charge is 0.339 e. The molecule has 0 bridgehead atoms. The highest BCUT2D eigenvalue weighted by atomic mass is 127. The van der Waals surface area contributed by atoms with E-state index < -0.39 is 5.97 Å². The topological polar surface area (TPSA) is 67.4 Å². The number of ether oxygens (including phenoxy) is 1. The zero-order valence-electron chi connectivity index (χ0n) is 11.9. The van der Waals surface area contributed by atoms with E-state index in [2.05, 4.69) is 33.2 Å². The van der Waals surface area contributed by atoms with E-state index in [9.17, 15) is 9.59 Å². The molecule has 0 aliphatic carbocycles.